The van der Waals surface area contributed by atoms with Gasteiger partial charge < -0.3 is 20.1 Å². The Bertz CT molecular complexity index is 1310. The second kappa shape index (κ2) is 7.88. The summed E-state index contributed by atoms with van der Waals surface area (Å²) in [6.45, 7) is 7.31. The minimum atomic E-state index is -1.59. The predicted octanol–water partition coefficient (Wildman–Crippen LogP) is 6.02. The lowest BCUT2D eigenvalue weighted by Crippen LogP contribution is -2.32. The van der Waals surface area contributed by atoms with Crippen LogP contribution >= 0.6 is 31.9 Å². The molecule has 8 heteroatoms. The summed E-state index contributed by atoms with van der Waals surface area (Å²) in [5.74, 6) is -2.15. The zero-order valence-electron chi connectivity index (χ0n) is 18.2. The Balaban J connectivity index is 2.25. The van der Waals surface area contributed by atoms with Gasteiger partial charge in [0.25, 0.3) is 0 Å². The predicted molar refractivity (Wildman–Crippen MR) is 129 cm³/mol. The smallest absolute Gasteiger partial charge is 0.341 e. The number of carbonyl (C=O) groups is 2. The molecule has 0 radical (unpaired) electrons. The molecule has 170 valence electrons. The number of aromatic carboxylic acids is 1. The van der Waals surface area contributed by atoms with E-state index in [4.69, 9.17) is 4.74 Å². The number of esters is 1. The third kappa shape index (κ3) is 3.19. The SMILES string of the molecule is Cc1c(C2(c3cc(O)c(Br)c(C)c3C)OC(=O)c3c(C(=O)O)cccc32)cc(O)c(Br)c1C. The lowest BCUT2D eigenvalue weighted by molar-refractivity contribution is 0.0244. The minimum absolute atomic E-state index is 0.0519. The van der Waals surface area contributed by atoms with E-state index in [9.17, 15) is 24.9 Å². The first-order chi connectivity index (χ1) is 15.4. The van der Waals surface area contributed by atoms with Gasteiger partial charge in [-0.1, -0.05) is 12.1 Å². The van der Waals surface area contributed by atoms with Crippen molar-refractivity contribution in [1.82, 2.24) is 0 Å². The number of phenols is 2. The van der Waals surface area contributed by atoms with Gasteiger partial charge in [-0.25, -0.2) is 9.59 Å². The zero-order chi connectivity index (χ0) is 24.4. The molecule has 0 saturated carbocycles. The molecule has 0 aliphatic carbocycles. The number of benzene rings is 3. The monoisotopic (exact) mass is 574 g/mol. The van der Waals surface area contributed by atoms with E-state index >= 15 is 0 Å². The van der Waals surface area contributed by atoms with E-state index in [2.05, 4.69) is 31.9 Å². The van der Waals surface area contributed by atoms with Crippen LogP contribution in [0.2, 0.25) is 0 Å². The Morgan fingerprint density at radius 1 is 0.848 bits per heavy atom. The Labute approximate surface area is 207 Å². The van der Waals surface area contributed by atoms with Crippen LogP contribution in [0.15, 0.2) is 39.3 Å². The molecule has 0 amide bonds. The molecule has 6 nitrogen and oxygen atoms in total. The number of fused-ring (bicyclic) bond motifs is 1. The first-order valence-corrected chi connectivity index (χ1v) is 11.6. The number of carboxylic acids is 1. The van der Waals surface area contributed by atoms with Crippen LogP contribution < -0.4 is 0 Å². The minimum Gasteiger partial charge on any atom is -0.507 e. The molecule has 1 aliphatic heterocycles. The third-order valence-electron chi connectivity index (χ3n) is 6.49. The van der Waals surface area contributed by atoms with Gasteiger partial charge in [-0.2, -0.15) is 0 Å². The Hall–Kier alpha value is -2.84. The van der Waals surface area contributed by atoms with E-state index in [-0.39, 0.29) is 22.6 Å². The van der Waals surface area contributed by atoms with Gasteiger partial charge in [0.05, 0.1) is 20.1 Å². The number of aromatic hydroxyl groups is 2. The summed E-state index contributed by atoms with van der Waals surface area (Å²) in [7, 11) is 0. The molecular weight excluding hydrogens is 556 g/mol. The molecule has 3 aromatic carbocycles. The second-order valence-corrected chi connectivity index (χ2v) is 9.70. The Morgan fingerprint density at radius 2 is 1.33 bits per heavy atom. The first kappa shape index (κ1) is 23.3. The highest BCUT2D eigenvalue weighted by molar-refractivity contribution is 9.11. The topological polar surface area (TPSA) is 104 Å². The summed E-state index contributed by atoms with van der Waals surface area (Å²) in [4.78, 5) is 25.1. The number of ether oxygens (including phenoxy) is 1. The molecule has 1 heterocycles. The summed E-state index contributed by atoms with van der Waals surface area (Å²) in [5, 5.41) is 31.1. The van der Waals surface area contributed by atoms with Crippen molar-refractivity contribution >= 4 is 43.8 Å². The number of carbonyl (C=O) groups excluding carboxylic acids is 1. The molecule has 4 rings (SSSR count). The molecule has 3 N–H and O–H groups in total. The molecule has 0 fully saturated rings. The van der Waals surface area contributed by atoms with Gasteiger partial charge in [0.2, 0.25) is 0 Å². The fourth-order valence-corrected chi connectivity index (χ4v) is 5.32. The van der Waals surface area contributed by atoms with Gasteiger partial charge in [-0.05, 0) is 100 Å². The van der Waals surface area contributed by atoms with Crippen molar-refractivity contribution in [1.29, 1.82) is 0 Å². The van der Waals surface area contributed by atoms with Crippen LogP contribution in [-0.4, -0.2) is 27.3 Å². The molecule has 3 aromatic rings. The number of phenolic OH excluding ortho intramolecular Hbond substituents is 2. The van der Waals surface area contributed by atoms with E-state index in [0.717, 1.165) is 22.3 Å². The highest BCUT2D eigenvalue weighted by atomic mass is 79.9. The van der Waals surface area contributed by atoms with Crippen molar-refractivity contribution in [2.24, 2.45) is 0 Å². The maximum atomic E-state index is 13.2. The fourth-order valence-electron chi connectivity index (χ4n) is 4.50. The van der Waals surface area contributed by atoms with Crippen LogP contribution in [-0.2, 0) is 10.3 Å². The van der Waals surface area contributed by atoms with E-state index in [0.29, 0.717) is 25.6 Å². The number of rotatable bonds is 3. The van der Waals surface area contributed by atoms with Gasteiger partial charge in [-0.3, -0.25) is 0 Å². The van der Waals surface area contributed by atoms with E-state index in [1.54, 1.807) is 12.1 Å². The van der Waals surface area contributed by atoms with Gasteiger partial charge in [0.1, 0.15) is 11.5 Å². The number of cyclic esters (lactones) is 1. The number of hydrogen-bond acceptors (Lipinski definition) is 5. The highest BCUT2D eigenvalue weighted by Gasteiger charge is 2.52. The maximum Gasteiger partial charge on any atom is 0.341 e. The van der Waals surface area contributed by atoms with E-state index in [1.165, 1.54) is 18.2 Å². The number of halogens is 2. The van der Waals surface area contributed by atoms with Crippen molar-refractivity contribution in [3.63, 3.8) is 0 Å². The highest BCUT2D eigenvalue weighted by Crippen LogP contribution is 2.53. The van der Waals surface area contributed by atoms with Crippen LogP contribution in [0.3, 0.4) is 0 Å². The molecule has 0 saturated heterocycles. The summed E-state index contributed by atoms with van der Waals surface area (Å²) in [6.07, 6.45) is 0. The number of carboxylic acid groups (broad SMARTS) is 1. The first-order valence-electron chi connectivity index (χ1n) is 10.0. The van der Waals surface area contributed by atoms with Crippen LogP contribution in [0.5, 0.6) is 11.5 Å². The standard InChI is InChI=1S/C25H20Br2O6/c1-10-12(3)21(26)18(28)8-16(10)25(17-9-19(29)22(27)13(4)11(17)2)15-7-5-6-14(23(30)31)20(15)24(32)33-25/h5-9,28-29H,1-4H3,(H,30,31). The van der Waals surface area contributed by atoms with Crippen LogP contribution in [0.25, 0.3) is 0 Å². The molecule has 0 aromatic heterocycles. The van der Waals surface area contributed by atoms with Crippen molar-refractivity contribution in [2.75, 3.05) is 0 Å². The molecular formula is C25H20Br2O6. The average Bonchev–Trinajstić information content (AvgIpc) is 3.08. The van der Waals surface area contributed by atoms with Crippen molar-refractivity contribution in [3.05, 3.63) is 89.3 Å². The van der Waals surface area contributed by atoms with Gasteiger partial charge >= 0.3 is 11.9 Å². The molecule has 33 heavy (non-hydrogen) atoms. The van der Waals surface area contributed by atoms with Crippen LogP contribution in [0.4, 0.5) is 0 Å². The quantitative estimate of drug-likeness (QED) is 0.330. The van der Waals surface area contributed by atoms with Crippen molar-refractivity contribution < 1.29 is 29.6 Å². The average molecular weight is 576 g/mol. The third-order valence-corrected chi connectivity index (χ3v) is 8.49. The molecule has 0 atom stereocenters. The normalized spacial score (nSPS) is 14.2. The molecule has 1 aliphatic rings. The van der Waals surface area contributed by atoms with E-state index in [1.807, 2.05) is 27.7 Å². The lowest BCUT2D eigenvalue weighted by Gasteiger charge is -2.34. The van der Waals surface area contributed by atoms with Gasteiger partial charge in [-0.15, -0.1) is 0 Å². The largest absolute Gasteiger partial charge is 0.507 e. The molecule has 0 unspecified atom stereocenters. The zero-order valence-corrected chi connectivity index (χ0v) is 21.4. The summed E-state index contributed by atoms with van der Waals surface area (Å²) >= 11 is 6.77. The van der Waals surface area contributed by atoms with Gasteiger partial charge in [0.15, 0.2) is 5.60 Å². The van der Waals surface area contributed by atoms with Crippen molar-refractivity contribution in [3.8, 4) is 11.5 Å². The Morgan fingerprint density at radius 3 is 1.79 bits per heavy atom. The second-order valence-electron chi connectivity index (χ2n) is 8.12. The summed E-state index contributed by atoms with van der Waals surface area (Å²) < 4.78 is 7.11. The summed E-state index contributed by atoms with van der Waals surface area (Å²) in [5.41, 5.74) is 2.41. The molecule has 0 spiro atoms. The van der Waals surface area contributed by atoms with Gasteiger partial charge in [0, 0.05) is 16.7 Å². The van der Waals surface area contributed by atoms with Crippen LogP contribution in [0.1, 0.15) is 59.7 Å². The number of hydrogen-bond donors (Lipinski definition) is 3. The Kier molecular flexibility index (Phi) is 5.57. The molecule has 0 bridgehead atoms. The fraction of sp³-hybridized carbons (Fsp3) is 0.200. The summed E-state index contributed by atoms with van der Waals surface area (Å²) in [6, 6.07) is 7.58. The van der Waals surface area contributed by atoms with E-state index < -0.39 is 17.5 Å². The van der Waals surface area contributed by atoms with Crippen LogP contribution in [0, 0.1) is 27.7 Å². The maximum absolute atomic E-state index is 13.2. The lowest BCUT2D eigenvalue weighted by atomic mass is 9.74. The van der Waals surface area contributed by atoms with Crippen molar-refractivity contribution in [2.45, 2.75) is 33.3 Å².